The van der Waals surface area contributed by atoms with Crippen molar-refractivity contribution in [2.75, 3.05) is 30.4 Å². The number of nitrogens with one attached hydrogen (secondary N) is 2. The molecule has 0 spiro atoms. The fourth-order valence-corrected chi connectivity index (χ4v) is 3.39. The summed E-state index contributed by atoms with van der Waals surface area (Å²) in [6.07, 6.45) is 0.234. The molecule has 42 heavy (non-hydrogen) atoms. The molecule has 0 radical (unpaired) electrons. The Morgan fingerprint density at radius 3 is 2.40 bits per heavy atom. The molecule has 1 aromatic heterocycles. The van der Waals surface area contributed by atoms with Crippen molar-refractivity contribution in [2.24, 2.45) is 5.11 Å². The first-order chi connectivity index (χ1) is 20.1. The zero-order chi connectivity index (χ0) is 30.8. The molecule has 0 saturated carbocycles. The average Bonchev–Trinajstić information content (AvgIpc) is 2.96. The molecule has 0 unspecified atom stereocenters. The molecule has 0 saturated heterocycles. The van der Waals surface area contributed by atoms with Crippen LogP contribution >= 0.6 is 0 Å². The van der Waals surface area contributed by atoms with Crippen LogP contribution in [-0.2, 0) is 25.6 Å². The lowest BCUT2D eigenvalue weighted by atomic mass is 10.1. The summed E-state index contributed by atoms with van der Waals surface area (Å²) in [7, 11) is 0. The van der Waals surface area contributed by atoms with E-state index in [4.69, 9.17) is 19.4 Å². The van der Waals surface area contributed by atoms with Crippen LogP contribution in [0.5, 0.6) is 0 Å². The molecule has 2 N–H and O–H groups in total. The van der Waals surface area contributed by atoms with Crippen molar-refractivity contribution >= 4 is 40.5 Å². The van der Waals surface area contributed by atoms with Gasteiger partial charge in [0.2, 0.25) is 5.91 Å². The van der Waals surface area contributed by atoms with Gasteiger partial charge in [0.1, 0.15) is 37.9 Å². The molecule has 16 heteroatoms. The van der Waals surface area contributed by atoms with Crippen molar-refractivity contribution < 1.29 is 46.2 Å². The van der Waals surface area contributed by atoms with Crippen molar-refractivity contribution in [3.63, 3.8) is 0 Å². The van der Waals surface area contributed by atoms with Gasteiger partial charge in [0, 0.05) is 16.5 Å². The van der Waals surface area contributed by atoms with E-state index >= 15 is 8.78 Å². The highest BCUT2D eigenvalue weighted by atomic mass is 19.1. The predicted octanol–water partition coefficient (Wildman–Crippen LogP) is 5.70. The number of hydrogen-bond donors (Lipinski definition) is 2. The molecule has 0 aliphatic carbocycles. The number of nitrogens with zero attached hydrogens (tertiary/aromatic N) is 3. The number of hydrogen-bond acceptors (Lipinski definition) is 9. The third kappa shape index (κ3) is 7.25. The van der Waals surface area contributed by atoms with Gasteiger partial charge in [-0.3, -0.25) is 14.9 Å². The van der Waals surface area contributed by atoms with E-state index in [1.807, 2.05) is 5.32 Å². The Morgan fingerprint density at radius 2 is 1.74 bits per heavy atom. The van der Waals surface area contributed by atoms with Crippen molar-refractivity contribution in [3.05, 3.63) is 93.3 Å². The number of anilines is 2. The number of rotatable bonds is 11. The summed E-state index contributed by atoms with van der Waals surface area (Å²) in [6, 6.07) is 3.98. The molecule has 13 nitrogen and oxygen atoms in total. The minimum Gasteiger partial charge on any atom is -0.453 e. The van der Waals surface area contributed by atoms with Crippen LogP contribution < -0.4 is 16.1 Å². The standard InChI is InChI=1S/C26H20F3N5O8/c1-3-7-39-25(37)32-16-6-5-13(9-15(16)27)18-10-17(35)20-23(33-19(36)11-31-34-30)21(28)14(22(29)24(20)42-18)12-41-26(38)40-8-4-2/h3-6,9-10H,1-2,7-8,11-12H2,(H,32,37)(H,33,36). The summed E-state index contributed by atoms with van der Waals surface area (Å²) in [5, 5.41) is 6.45. The fourth-order valence-electron chi connectivity index (χ4n) is 3.39. The van der Waals surface area contributed by atoms with E-state index in [1.54, 1.807) is 0 Å². The third-order valence-corrected chi connectivity index (χ3v) is 5.16. The number of amides is 2. The van der Waals surface area contributed by atoms with Crippen molar-refractivity contribution in [3.8, 4) is 11.3 Å². The Labute approximate surface area is 233 Å². The molecular weight excluding hydrogens is 567 g/mol. The Morgan fingerprint density at radius 1 is 1.02 bits per heavy atom. The van der Waals surface area contributed by atoms with Crippen molar-refractivity contribution in [1.82, 2.24) is 0 Å². The molecule has 0 fully saturated rings. The van der Waals surface area contributed by atoms with Crippen LogP contribution in [0.3, 0.4) is 0 Å². The van der Waals surface area contributed by atoms with Gasteiger partial charge in [0.05, 0.1) is 22.3 Å². The maximum absolute atomic E-state index is 15.6. The molecule has 1 heterocycles. The molecule has 2 amide bonds. The molecule has 0 atom stereocenters. The predicted molar refractivity (Wildman–Crippen MR) is 142 cm³/mol. The lowest BCUT2D eigenvalue weighted by Crippen LogP contribution is -2.20. The van der Waals surface area contributed by atoms with E-state index in [2.05, 4.69) is 33.2 Å². The molecular formula is C26H20F3N5O8. The summed E-state index contributed by atoms with van der Waals surface area (Å²) in [6.45, 7) is 4.45. The van der Waals surface area contributed by atoms with Gasteiger partial charge >= 0.3 is 12.2 Å². The number of benzene rings is 2. The number of carbonyl (C=O) groups excluding carboxylic acids is 3. The summed E-state index contributed by atoms with van der Waals surface area (Å²) in [4.78, 5) is 51.1. The highest BCUT2D eigenvalue weighted by Crippen LogP contribution is 2.34. The highest BCUT2D eigenvalue weighted by Gasteiger charge is 2.27. The van der Waals surface area contributed by atoms with E-state index in [0.29, 0.717) is 0 Å². The number of fused-ring (bicyclic) bond motifs is 1. The number of azide groups is 1. The van der Waals surface area contributed by atoms with Gasteiger partial charge in [-0.25, -0.2) is 22.8 Å². The monoisotopic (exact) mass is 587 g/mol. The van der Waals surface area contributed by atoms with Crippen LogP contribution in [0.1, 0.15) is 5.56 Å². The van der Waals surface area contributed by atoms with Gasteiger partial charge in [0.25, 0.3) is 0 Å². The Bertz CT molecular complexity index is 1680. The fraction of sp³-hybridized carbons (Fsp3) is 0.154. The Hall–Kier alpha value is -5.76. The van der Waals surface area contributed by atoms with Crippen LogP contribution in [0.2, 0.25) is 0 Å². The lowest BCUT2D eigenvalue weighted by molar-refractivity contribution is -0.114. The van der Waals surface area contributed by atoms with E-state index in [-0.39, 0.29) is 30.2 Å². The SMILES string of the molecule is C=CCOC(=O)Nc1ccc(-c2cc(=O)c3c(NC(=O)CN=[N+]=[N-])c(F)c(COC(=O)OCC=C)c(F)c3o2)cc1F. The van der Waals surface area contributed by atoms with Crippen LogP contribution in [0, 0.1) is 17.5 Å². The molecule has 3 rings (SSSR count). The number of ether oxygens (including phenoxy) is 3. The van der Waals surface area contributed by atoms with Crippen molar-refractivity contribution in [1.29, 1.82) is 0 Å². The third-order valence-electron chi connectivity index (χ3n) is 5.16. The molecule has 0 aliphatic rings. The zero-order valence-electron chi connectivity index (χ0n) is 21.4. The lowest BCUT2D eigenvalue weighted by Gasteiger charge is -2.15. The van der Waals surface area contributed by atoms with E-state index < -0.39 is 76.4 Å². The largest absolute Gasteiger partial charge is 0.508 e. The van der Waals surface area contributed by atoms with Gasteiger partial charge in [-0.05, 0) is 23.7 Å². The highest BCUT2D eigenvalue weighted by molar-refractivity contribution is 6.02. The quantitative estimate of drug-likeness (QED) is 0.0941. The summed E-state index contributed by atoms with van der Waals surface area (Å²) < 4.78 is 65.3. The number of carbonyl (C=O) groups is 3. The minimum atomic E-state index is -1.49. The second kappa shape index (κ2) is 14.0. The summed E-state index contributed by atoms with van der Waals surface area (Å²) in [5.41, 5.74) is 4.30. The van der Waals surface area contributed by atoms with Crippen LogP contribution in [0.4, 0.5) is 34.1 Å². The summed E-state index contributed by atoms with van der Waals surface area (Å²) >= 11 is 0. The zero-order valence-corrected chi connectivity index (χ0v) is 21.4. The molecule has 2 aromatic carbocycles. The molecule has 3 aromatic rings. The van der Waals surface area contributed by atoms with Gasteiger partial charge < -0.3 is 23.9 Å². The van der Waals surface area contributed by atoms with E-state index in [9.17, 15) is 23.6 Å². The molecule has 0 bridgehead atoms. The van der Waals surface area contributed by atoms with Crippen LogP contribution in [-0.4, -0.2) is 37.9 Å². The average molecular weight is 587 g/mol. The normalized spacial score (nSPS) is 10.3. The maximum Gasteiger partial charge on any atom is 0.508 e. The minimum absolute atomic E-state index is 0.0972. The Kier molecular flexibility index (Phi) is 10.3. The molecule has 218 valence electrons. The topological polar surface area (TPSA) is 182 Å². The van der Waals surface area contributed by atoms with E-state index in [0.717, 1.165) is 18.2 Å². The first kappa shape index (κ1) is 30.8. The smallest absolute Gasteiger partial charge is 0.453 e. The van der Waals surface area contributed by atoms with Crippen LogP contribution in [0.25, 0.3) is 32.7 Å². The second-order valence-electron chi connectivity index (χ2n) is 7.94. The first-order valence-corrected chi connectivity index (χ1v) is 11.6. The van der Waals surface area contributed by atoms with E-state index in [1.165, 1.54) is 18.2 Å². The molecule has 0 aliphatic heterocycles. The number of halogens is 3. The summed E-state index contributed by atoms with van der Waals surface area (Å²) in [5.74, 6) is -5.41. The maximum atomic E-state index is 15.6. The Balaban J connectivity index is 2.12. The van der Waals surface area contributed by atoms with Gasteiger partial charge in [-0.1, -0.05) is 30.4 Å². The van der Waals surface area contributed by atoms with Gasteiger partial charge in [-0.2, -0.15) is 0 Å². The van der Waals surface area contributed by atoms with Crippen LogP contribution in [0.15, 0.2) is 63.9 Å². The van der Waals surface area contributed by atoms with Gasteiger partial charge in [-0.15, -0.1) is 0 Å². The first-order valence-electron chi connectivity index (χ1n) is 11.6. The second-order valence-corrected chi connectivity index (χ2v) is 7.94. The van der Waals surface area contributed by atoms with Crippen molar-refractivity contribution in [2.45, 2.75) is 6.61 Å². The van der Waals surface area contributed by atoms with Gasteiger partial charge in [0.15, 0.2) is 22.6 Å².